The van der Waals surface area contributed by atoms with Gasteiger partial charge in [-0.2, -0.15) is 5.26 Å². The quantitative estimate of drug-likeness (QED) is 0.317. The Kier molecular flexibility index (Phi) is 5.39. The lowest BCUT2D eigenvalue weighted by molar-refractivity contribution is -0.120. The van der Waals surface area contributed by atoms with Crippen LogP contribution in [0.15, 0.2) is 0 Å². The average molecular weight is 141 g/mol. The van der Waals surface area contributed by atoms with Crippen LogP contribution in [0.5, 0.6) is 0 Å². The summed E-state index contributed by atoms with van der Waals surface area (Å²) in [5.41, 5.74) is 0. The summed E-state index contributed by atoms with van der Waals surface area (Å²) in [4.78, 5) is 10.6. The van der Waals surface area contributed by atoms with Crippen molar-refractivity contribution < 1.29 is 4.79 Å². The van der Waals surface area contributed by atoms with E-state index < -0.39 is 0 Å². The van der Waals surface area contributed by atoms with Gasteiger partial charge in [0.2, 0.25) is 5.91 Å². The van der Waals surface area contributed by atoms with Crippen molar-refractivity contribution in [2.24, 2.45) is 0 Å². The van der Waals surface area contributed by atoms with Crippen LogP contribution in [0.2, 0.25) is 0 Å². The third-order valence-corrected chi connectivity index (χ3v) is 1.03. The Morgan fingerprint density at radius 2 is 2.40 bits per heavy atom. The predicted octanol–water partition coefficient (Wildman–Crippen LogP) is -0.417. The molecule has 0 rings (SSSR count). The van der Waals surface area contributed by atoms with Gasteiger partial charge >= 0.3 is 0 Å². The molecule has 56 valence electrons. The van der Waals surface area contributed by atoms with Crippen LogP contribution in [0.25, 0.3) is 0 Å². The minimum atomic E-state index is -0.210. The van der Waals surface area contributed by atoms with Crippen LogP contribution in [0.3, 0.4) is 0 Å². The summed E-state index contributed by atoms with van der Waals surface area (Å²) < 4.78 is 0. The highest BCUT2D eigenvalue weighted by atomic mass is 16.1. The molecule has 0 saturated carbocycles. The first kappa shape index (κ1) is 8.92. The smallest absolute Gasteiger partial charge is 0.233 e. The van der Waals surface area contributed by atoms with E-state index in [0.717, 1.165) is 13.0 Å². The fraction of sp³-hybridized carbons (Fsp3) is 0.667. The lowest BCUT2D eigenvalue weighted by Crippen LogP contribution is -2.18. The number of hydrogen-bond acceptors (Lipinski definition) is 3. The number of carbonyl (C=O) groups excluding carboxylic acids is 1. The van der Waals surface area contributed by atoms with Crippen LogP contribution >= 0.6 is 0 Å². The highest BCUT2D eigenvalue weighted by molar-refractivity contribution is 5.77. The summed E-state index contributed by atoms with van der Waals surface area (Å²) in [6.45, 7) is 0.804. The van der Waals surface area contributed by atoms with Gasteiger partial charge < -0.3 is 5.32 Å². The van der Waals surface area contributed by atoms with Crippen LogP contribution in [0, 0.1) is 11.5 Å². The summed E-state index contributed by atoms with van der Waals surface area (Å²) in [5, 5.41) is 12.9. The molecular weight excluding hydrogens is 130 g/mol. The van der Waals surface area contributed by atoms with Crippen LogP contribution in [-0.2, 0) is 4.79 Å². The molecule has 0 heterocycles. The normalized spacial score (nSPS) is 8.40. The Morgan fingerprint density at radius 1 is 1.70 bits per heavy atom. The zero-order valence-electron chi connectivity index (χ0n) is 5.98. The van der Waals surface area contributed by atoms with Crippen molar-refractivity contribution in [3.8, 4) is 6.19 Å². The van der Waals surface area contributed by atoms with Gasteiger partial charge in [0, 0.05) is 6.42 Å². The van der Waals surface area contributed by atoms with E-state index in [1.165, 1.54) is 0 Å². The molecule has 0 aromatic heterocycles. The van der Waals surface area contributed by atoms with E-state index >= 15 is 0 Å². The summed E-state index contributed by atoms with van der Waals surface area (Å²) in [7, 11) is 1.82. The first-order chi connectivity index (χ1) is 4.81. The van der Waals surface area contributed by atoms with Crippen molar-refractivity contribution in [2.75, 3.05) is 13.6 Å². The van der Waals surface area contributed by atoms with E-state index in [1.54, 1.807) is 6.19 Å². The number of carbonyl (C=O) groups is 1. The molecule has 0 aromatic rings. The lowest BCUT2D eigenvalue weighted by atomic mass is 10.3. The zero-order valence-corrected chi connectivity index (χ0v) is 5.98. The molecule has 0 aliphatic carbocycles. The molecule has 4 nitrogen and oxygen atoms in total. The summed E-state index contributed by atoms with van der Waals surface area (Å²) >= 11 is 0. The number of amides is 1. The molecule has 0 radical (unpaired) electrons. The molecule has 1 amide bonds. The van der Waals surface area contributed by atoms with Crippen LogP contribution in [0.4, 0.5) is 0 Å². The molecule has 10 heavy (non-hydrogen) atoms. The van der Waals surface area contributed by atoms with E-state index in [9.17, 15) is 4.79 Å². The Balaban J connectivity index is 3.15. The minimum Gasteiger partial charge on any atom is -0.320 e. The second-order valence-corrected chi connectivity index (χ2v) is 1.87. The van der Waals surface area contributed by atoms with Crippen LogP contribution < -0.4 is 10.6 Å². The maximum Gasteiger partial charge on any atom is 0.233 e. The molecule has 0 atom stereocenters. The Hall–Kier alpha value is -1.08. The summed E-state index contributed by atoms with van der Waals surface area (Å²) in [5.74, 6) is -0.210. The van der Waals surface area contributed by atoms with Crippen molar-refractivity contribution in [1.82, 2.24) is 10.6 Å². The van der Waals surface area contributed by atoms with Gasteiger partial charge in [0.25, 0.3) is 0 Å². The number of hydrogen-bond donors (Lipinski definition) is 2. The third-order valence-electron chi connectivity index (χ3n) is 1.03. The minimum absolute atomic E-state index is 0.210. The number of rotatable bonds is 4. The summed E-state index contributed by atoms with van der Waals surface area (Å²) in [6.07, 6.45) is 2.75. The van der Waals surface area contributed by atoms with E-state index in [4.69, 9.17) is 5.26 Å². The highest BCUT2D eigenvalue weighted by Crippen LogP contribution is 1.84. The molecule has 0 unspecified atom stereocenters. The Labute approximate surface area is 60.2 Å². The Morgan fingerprint density at radius 3 is 2.90 bits per heavy atom. The number of nitriles is 1. The molecule has 0 aliphatic heterocycles. The van der Waals surface area contributed by atoms with E-state index in [2.05, 4.69) is 5.32 Å². The molecule has 0 aliphatic rings. The molecule has 0 fully saturated rings. The van der Waals surface area contributed by atoms with E-state index in [-0.39, 0.29) is 5.91 Å². The second kappa shape index (κ2) is 6.05. The van der Waals surface area contributed by atoms with E-state index in [1.807, 2.05) is 12.4 Å². The second-order valence-electron chi connectivity index (χ2n) is 1.87. The SMILES string of the molecule is CNCCCC(=O)NC#N. The molecular formula is C6H11N3O. The molecule has 0 bridgehead atoms. The zero-order chi connectivity index (χ0) is 7.82. The van der Waals surface area contributed by atoms with Gasteiger partial charge in [-0.3, -0.25) is 10.1 Å². The summed E-state index contributed by atoms with van der Waals surface area (Å²) in [6, 6.07) is 0. The first-order valence-electron chi connectivity index (χ1n) is 3.13. The largest absolute Gasteiger partial charge is 0.320 e. The van der Waals surface area contributed by atoms with E-state index in [0.29, 0.717) is 6.42 Å². The van der Waals surface area contributed by atoms with Crippen molar-refractivity contribution >= 4 is 5.91 Å². The van der Waals surface area contributed by atoms with Gasteiger partial charge in [0.1, 0.15) is 0 Å². The average Bonchev–Trinajstić information content (AvgIpc) is 1.89. The number of nitrogens with zero attached hydrogens (tertiary/aromatic N) is 1. The molecule has 2 N–H and O–H groups in total. The lowest BCUT2D eigenvalue weighted by Gasteiger charge is -1.95. The van der Waals surface area contributed by atoms with Gasteiger partial charge in [-0.1, -0.05) is 0 Å². The maximum atomic E-state index is 10.6. The van der Waals surface area contributed by atoms with Gasteiger partial charge in [0.05, 0.1) is 0 Å². The topological polar surface area (TPSA) is 64.9 Å². The van der Waals surface area contributed by atoms with Crippen molar-refractivity contribution in [1.29, 1.82) is 5.26 Å². The van der Waals surface area contributed by atoms with Crippen LogP contribution in [-0.4, -0.2) is 19.5 Å². The van der Waals surface area contributed by atoms with Gasteiger partial charge in [-0.05, 0) is 20.0 Å². The number of nitrogens with one attached hydrogen (secondary N) is 2. The Bertz CT molecular complexity index is 138. The van der Waals surface area contributed by atoms with Gasteiger partial charge in [-0.25, -0.2) is 0 Å². The van der Waals surface area contributed by atoms with Gasteiger partial charge in [-0.15, -0.1) is 0 Å². The van der Waals surface area contributed by atoms with Gasteiger partial charge in [0.15, 0.2) is 6.19 Å². The van der Waals surface area contributed by atoms with Crippen molar-refractivity contribution in [2.45, 2.75) is 12.8 Å². The monoisotopic (exact) mass is 141 g/mol. The van der Waals surface area contributed by atoms with Crippen LogP contribution in [0.1, 0.15) is 12.8 Å². The maximum absolute atomic E-state index is 10.6. The molecule has 0 spiro atoms. The first-order valence-corrected chi connectivity index (χ1v) is 3.13. The van der Waals surface area contributed by atoms with Crippen molar-refractivity contribution in [3.63, 3.8) is 0 Å². The highest BCUT2D eigenvalue weighted by Gasteiger charge is 1.96. The fourth-order valence-electron chi connectivity index (χ4n) is 0.551. The fourth-order valence-corrected chi connectivity index (χ4v) is 0.551. The standard InChI is InChI=1S/C6H11N3O/c1-8-4-2-3-6(10)9-5-7/h8H,2-4H2,1H3,(H,9,10). The predicted molar refractivity (Wildman–Crippen MR) is 36.9 cm³/mol. The third kappa shape index (κ3) is 5.06. The molecule has 0 aromatic carbocycles. The molecule has 0 saturated heterocycles. The molecule has 4 heteroatoms. The van der Waals surface area contributed by atoms with Crippen molar-refractivity contribution in [3.05, 3.63) is 0 Å².